The predicted molar refractivity (Wildman–Crippen MR) is 103 cm³/mol. The summed E-state index contributed by atoms with van der Waals surface area (Å²) in [5.41, 5.74) is 5.12. The molecule has 0 fully saturated rings. The van der Waals surface area contributed by atoms with Crippen LogP contribution in [0.5, 0.6) is 11.5 Å². The van der Waals surface area contributed by atoms with E-state index in [1.807, 2.05) is 62.4 Å². The minimum Gasteiger partial charge on any atom is -0.507 e. The van der Waals surface area contributed by atoms with Gasteiger partial charge in [0.15, 0.2) is 6.61 Å². The van der Waals surface area contributed by atoms with Crippen LogP contribution in [-0.4, -0.2) is 23.8 Å². The molecule has 0 saturated carbocycles. The molecular formula is C21H20N2O3. The summed E-state index contributed by atoms with van der Waals surface area (Å²) in [5, 5.41) is 15.8. The average molecular weight is 348 g/mol. The fourth-order valence-corrected chi connectivity index (χ4v) is 2.79. The van der Waals surface area contributed by atoms with E-state index in [0.717, 1.165) is 21.9 Å². The highest BCUT2D eigenvalue weighted by atomic mass is 16.5. The van der Waals surface area contributed by atoms with Crippen molar-refractivity contribution in [3.05, 3.63) is 71.3 Å². The van der Waals surface area contributed by atoms with Crippen LogP contribution in [0.3, 0.4) is 0 Å². The van der Waals surface area contributed by atoms with Crippen molar-refractivity contribution < 1.29 is 14.6 Å². The van der Waals surface area contributed by atoms with Crippen LogP contribution < -0.4 is 10.2 Å². The van der Waals surface area contributed by atoms with Crippen molar-refractivity contribution in [2.45, 2.75) is 13.8 Å². The number of hydrogen-bond acceptors (Lipinski definition) is 4. The lowest BCUT2D eigenvalue weighted by Crippen LogP contribution is -2.24. The van der Waals surface area contributed by atoms with Crippen molar-refractivity contribution in [1.82, 2.24) is 5.43 Å². The van der Waals surface area contributed by atoms with Crippen molar-refractivity contribution in [3.8, 4) is 11.5 Å². The Morgan fingerprint density at radius 3 is 2.62 bits per heavy atom. The first-order valence-corrected chi connectivity index (χ1v) is 8.26. The smallest absolute Gasteiger partial charge is 0.277 e. The van der Waals surface area contributed by atoms with Crippen LogP contribution in [0.2, 0.25) is 0 Å². The van der Waals surface area contributed by atoms with E-state index in [-0.39, 0.29) is 18.3 Å². The molecule has 5 nitrogen and oxygen atoms in total. The van der Waals surface area contributed by atoms with Crippen LogP contribution in [0.15, 0.2) is 59.7 Å². The zero-order valence-electron chi connectivity index (χ0n) is 14.7. The molecule has 26 heavy (non-hydrogen) atoms. The first kappa shape index (κ1) is 17.5. The molecular weight excluding hydrogens is 328 g/mol. The minimum atomic E-state index is -0.375. The molecule has 5 heteroatoms. The van der Waals surface area contributed by atoms with Gasteiger partial charge >= 0.3 is 0 Å². The zero-order valence-corrected chi connectivity index (χ0v) is 14.7. The Labute approximate surface area is 151 Å². The number of hydrazone groups is 1. The van der Waals surface area contributed by atoms with Gasteiger partial charge in [0, 0.05) is 5.56 Å². The lowest BCUT2D eigenvalue weighted by atomic mass is 10.0. The number of nitrogens with zero attached hydrogens (tertiary/aromatic N) is 1. The summed E-state index contributed by atoms with van der Waals surface area (Å²) in [4.78, 5) is 11.9. The number of aromatic hydroxyl groups is 1. The lowest BCUT2D eigenvalue weighted by molar-refractivity contribution is -0.123. The van der Waals surface area contributed by atoms with Gasteiger partial charge in [-0.25, -0.2) is 5.43 Å². The number of aryl methyl sites for hydroxylation is 2. The molecule has 0 aromatic heterocycles. The number of carbonyl (C=O) groups excluding carboxylic acids is 1. The summed E-state index contributed by atoms with van der Waals surface area (Å²) in [6.07, 6.45) is 1.44. The number of ether oxygens (including phenoxy) is 1. The van der Waals surface area contributed by atoms with Gasteiger partial charge in [-0.05, 0) is 53.9 Å². The molecule has 0 spiro atoms. The number of amides is 1. The minimum absolute atomic E-state index is 0.105. The number of nitrogens with one attached hydrogen (secondary N) is 1. The highest BCUT2D eigenvalue weighted by Gasteiger charge is 2.06. The maximum Gasteiger partial charge on any atom is 0.277 e. The molecule has 0 aliphatic heterocycles. The Morgan fingerprint density at radius 1 is 1.12 bits per heavy atom. The van der Waals surface area contributed by atoms with E-state index < -0.39 is 0 Å². The van der Waals surface area contributed by atoms with E-state index in [1.54, 1.807) is 6.07 Å². The Hall–Kier alpha value is -3.34. The average Bonchev–Trinajstić information content (AvgIpc) is 2.61. The monoisotopic (exact) mass is 348 g/mol. The molecule has 0 aliphatic carbocycles. The van der Waals surface area contributed by atoms with E-state index in [9.17, 15) is 9.90 Å². The van der Waals surface area contributed by atoms with Crippen LogP contribution in [0.4, 0.5) is 0 Å². The first-order valence-electron chi connectivity index (χ1n) is 8.26. The van der Waals surface area contributed by atoms with Gasteiger partial charge in [-0.3, -0.25) is 4.79 Å². The molecule has 1 amide bonds. The molecule has 3 aromatic carbocycles. The largest absolute Gasteiger partial charge is 0.507 e. The predicted octanol–water partition coefficient (Wildman–Crippen LogP) is 3.69. The number of benzene rings is 3. The normalized spacial score (nSPS) is 11.0. The molecule has 3 aromatic rings. The van der Waals surface area contributed by atoms with Crippen LogP contribution in [0.25, 0.3) is 10.8 Å². The zero-order chi connectivity index (χ0) is 18.5. The number of phenols is 1. The number of hydrogen-bond donors (Lipinski definition) is 2. The van der Waals surface area contributed by atoms with E-state index in [0.29, 0.717) is 11.3 Å². The van der Waals surface area contributed by atoms with Crippen LogP contribution in [0.1, 0.15) is 16.7 Å². The molecule has 0 radical (unpaired) electrons. The van der Waals surface area contributed by atoms with Gasteiger partial charge in [-0.15, -0.1) is 0 Å². The van der Waals surface area contributed by atoms with Gasteiger partial charge in [0.2, 0.25) is 0 Å². The topological polar surface area (TPSA) is 70.9 Å². The second-order valence-electron chi connectivity index (χ2n) is 6.12. The third-order valence-electron chi connectivity index (χ3n) is 3.90. The van der Waals surface area contributed by atoms with E-state index in [4.69, 9.17) is 4.74 Å². The summed E-state index contributed by atoms with van der Waals surface area (Å²) in [6, 6.07) is 16.9. The maximum atomic E-state index is 11.9. The van der Waals surface area contributed by atoms with Crippen molar-refractivity contribution in [2.75, 3.05) is 6.61 Å². The Morgan fingerprint density at radius 2 is 1.85 bits per heavy atom. The lowest BCUT2D eigenvalue weighted by Gasteiger charge is -2.07. The third-order valence-corrected chi connectivity index (χ3v) is 3.90. The third kappa shape index (κ3) is 4.19. The molecule has 0 saturated heterocycles. The Balaban J connectivity index is 1.63. The van der Waals surface area contributed by atoms with Gasteiger partial charge in [-0.2, -0.15) is 5.10 Å². The van der Waals surface area contributed by atoms with Crippen molar-refractivity contribution in [3.63, 3.8) is 0 Å². The number of phenolic OH excluding ortho intramolecular Hbond substituents is 1. The van der Waals surface area contributed by atoms with E-state index >= 15 is 0 Å². The summed E-state index contributed by atoms with van der Waals surface area (Å²) in [7, 11) is 0. The summed E-state index contributed by atoms with van der Waals surface area (Å²) >= 11 is 0. The second kappa shape index (κ2) is 7.70. The molecule has 2 N–H and O–H groups in total. The fourth-order valence-electron chi connectivity index (χ4n) is 2.79. The molecule has 132 valence electrons. The van der Waals surface area contributed by atoms with Gasteiger partial charge in [0.25, 0.3) is 5.91 Å². The van der Waals surface area contributed by atoms with Crippen molar-refractivity contribution in [1.29, 1.82) is 0 Å². The van der Waals surface area contributed by atoms with Gasteiger partial charge in [0.1, 0.15) is 11.5 Å². The molecule has 0 heterocycles. The Kier molecular flexibility index (Phi) is 5.17. The number of fused-ring (bicyclic) bond motifs is 1. The van der Waals surface area contributed by atoms with Crippen molar-refractivity contribution in [2.24, 2.45) is 5.10 Å². The highest BCUT2D eigenvalue weighted by Crippen LogP contribution is 2.25. The van der Waals surface area contributed by atoms with E-state index in [2.05, 4.69) is 10.5 Å². The Bertz CT molecular complexity index is 960. The molecule has 0 atom stereocenters. The summed E-state index contributed by atoms with van der Waals surface area (Å²) in [5.74, 6) is 0.377. The SMILES string of the molecule is Cc1cc(C)cc(OCC(=O)N/N=C/c2c(O)ccc3ccccc23)c1. The molecule has 0 unspecified atom stereocenters. The standard InChI is InChI=1S/C21H20N2O3/c1-14-9-15(2)11-17(10-14)26-13-21(25)23-22-12-19-18-6-4-3-5-16(18)7-8-20(19)24/h3-12,24H,13H2,1-2H3,(H,23,25)/b22-12+. The second-order valence-corrected chi connectivity index (χ2v) is 6.12. The summed E-state index contributed by atoms with van der Waals surface area (Å²) < 4.78 is 5.49. The summed E-state index contributed by atoms with van der Waals surface area (Å²) in [6.45, 7) is 3.81. The highest BCUT2D eigenvalue weighted by molar-refractivity contribution is 6.02. The van der Waals surface area contributed by atoms with Gasteiger partial charge in [0.05, 0.1) is 6.21 Å². The van der Waals surface area contributed by atoms with Gasteiger partial charge < -0.3 is 9.84 Å². The van der Waals surface area contributed by atoms with Crippen LogP contribution in [0, 0.1) is 13.8 Å². The van der Waals surface area contributed by atoms with Gasteiger partial charge in [-0.1, -0.05) is 36.4 Å². The number of carbonyl (C=O) groups is 1. The number of rotatable bonds is 5. The van der Waals surface area contributed by atoms with Crippen molar-refractivity contribution >= 4 is 22.9 Å². The fraction of sp³-hybridized carbons (Fsp3) is 0.143. The van der Waals surface area contributed by atoms with Crippen LogP contribution >= 0.6 is 0 Å². The quantitative estimate of drug-likeness (QED) is 0.546. The molecule has 3 rings (SSSR count). The molecule has 0 bridgehead atoms. The maximum absolute atomic E-state index is 11.9. The van der Waals surface area contributed by atoms with E-state index in [1.165, 1.54) is 6.21 Å². The molecule has 0 aliphatic rings. The first-order chi connectivity index (χ1) is 12.5. The van der Waals surface area contributed by atoms with Crippen LogP contribution in [-0.2, 0) is 4.79 Å².